The zero-order valence-corrected chi connectivity index (χ0v) is 15.2. The summed E-state index contributed by atoms with van der Waals surface area (Å²) in [5.74, 6) is -0.0325. The monoisotopic (exact) mass is 383 g/mol. The molecule has 2 aromatic heterocycles. The predicted octanol–water partition coefficient (Wildman–Crippen LogP) is 1.39. The Labute approximate surface area is 159 Å². The van der Waals surface area contributed by atoms with Gasteiger partial charge in [-0.1, -0.05) is 0 Å². The minimum atomic E-state index is -1.05. The maximum atomic E-state index is 12.4. The summed E-state index contributed by atoms with van der Waals surface area (Å²) in [7, 11) is 0. The molecule has 1 aromatic carbocycles. The Hall–Kier alpha value is -3.69. The summed E-state index contributed by atoms with van der Waals surface area (Å²) in [6, 6.07) is 6.77. The van der Waals surface area contributed by atoms with E-state index in [9.17, 15) is 9.59 Å². The van der Waals surface area contributed by atoms with Crippen LogP contribution in [0.4, 0.5) is 5.69 Å². The lowest BCUT2D eigenvalue weighted by Crippen LogP contribution is -2.30. The maximum Gasteiger partial charge on any atom is 0.379 e. The van der Waals surface area contributed by atoms with E-state index in [1.807, 2.05) is 6.92 Å². The standard InChI is InChI=1S/C18H17N5O5/c1-10-5-6-19-18-21-15(22-23(10)18)17(25)28-11(2)16(24)20-12-3-4-13-14(9-12)27-8-7-26-13/h3-6,9,11H,7-8H2,1-2H3,(H,20,24). The molecule has 3 aromatic rings. The number of amides is 1. The van der Waals surface area contributed by atoms with E-state index >= 15 is 0 Å². The van der Waals surface area contributed by atoms with Crippen LogP contribution in [0.2, 0.25) is 0 Å². The molecule has 0 bridgehead atoms. The summed E-state index contributed by atoms with van der Waals surface area (Å²) >= 11 is 0. The van der Waals surface area contributed by atoms with E-state index in [0.717, 1.165) is 5.69 Å². The van der Waals surface area contributed by atoms with Crippen LogP contribution in [0, 0.1) is 6.92 Å². The molecule has 3 heterocycles. The molecule has 10 heteroatoms. The first-order valence-corrected chi connectivity index (χ1v) is 8.61. The van der Waals surface area contributed by atoms with Gasteiger partial charge < -0.3 is 19.5 Å². The lowest BCUT2D eigenvalue weighted by molar-refractivity contribution is -0.123. The molecule has 28 heavy (non-hydrogen) atoms. The lowest BCUT2D eigenvalue weighted by atomic mass is 10.2. The summed E-state index contributed by atoms with van der Waals surface area (Å²) in [5.41, 5.74) is 1.27. The smallest absolute Gasteiger partial charge is 0.379 e. The molecule has 0 saturated carbocycles. The second-order valence-electron chi connectivity index (χ2n) is 6.13. The predicted molar refractivity (Wildman–Crippen MR) is 96.5 cm³/mol. The first-order chi connectivity index (χ1) is 13.5. The van der Waals surface area contributed by atoms with Crippen molar-refractivity contribution in [1.82, 2.24) is 19.6 Å². The fourth-order valence-corrected chi connectivity index (χ4v) is 2.62. The van der Waals surface area contributed by atoms with Crippen LogP contribution in [-0.2, 0) is 9.53 Å². The summed E-state index contributed by atoms with van der Waals surface area (Å²) in [5, 5.41) is 6.74. The first kappa shape index (κ1) is 17.7. The number of nitrogens with zero attached hydrogens (tertiary/aromatic N) is 4. The highest BCUT2D eigenvalue weighted by molar-refractivity contribution is 5.96. The molecule has 1 atom stereocenters. The fourth-order valence-electron chi connectivity index (χ4n) is 2.62. The van der Waals surface area contributed by atoms with E-state index in [1.165, 1.54) is 11.4 Å². The van der Waals surface area contributed by atoms with Crippen molar-refractivity contribution in [2.45, 2.75) is 20.0 Å². The average Bonchev–Trinajstić information content (AvgIpc) is 3.14. The summed E-state index contributed by atoms with van der Waals surface area (Å²) in [4.78, 5) is 32.7. The number of fused-ring (bicyclic) bond motifs is 2. The minimum absolute atomic E-state index is 0.166. The molecule has 0 fully saturated rings. The highest BCUT2D eigenvalue weighted by Crippen LogP contribution is 2.32. The Bertz CT molecular complexity index is 1060. The van der Waals surface area contributed by atoms with Crippen LogP contribution in [0.5, 0.6) is 11.5 Å². The molecule has 1 amide bonds. The van der Waals surface area contributed by atoms with Gasteiger partial charge in [0.2, 0.25) is 0 Å². The molecule has 1 aliphatic rings. The quantitative estimate of drug-likeness (QED) is 0.672. The van der Waals surface area contributed by atoms with Gasteiger partial charge in [0.1, 0.15) is 13.2 Å². The molecule has 1 unspecified atom stereocenters. The van der Waals surface area contributed by atoms with Crippen LogP contribution in [0.15, 0.2) is 30.5 Å². The SMILES string of the molecule is Cc1ccnc2nc(C(=O)OC(C)C(=O)Nc3ccc4c(c3)OCCO4)nn12. The number of hydrogen-bond acceptors (Lipinski definition) is 8. The maximum absolute atomic E-state index is 12.4. The molecule has 4 rings (SSSR count). The van der Waals surface area contributed by atoms with Crippen molar-refractivity contribution in [2.75, 3.05) is 18.5 Å². The van der Waals surface area contributed by atoms with Gasteiger partial charge in [0.25, 0.3) is 17.5 Å². The molecule has 0 saturated heterocycles. The van der Waals surface area contributed by atoms with Gasteiger partial charge in [-0.15, -0.1) is 5.10 Å². The van der Waals surface area contributed by atoms with Crippen molar-refractivity contribution in [1.29, 1.82) is 0 Å². The van der Waals surface area contributed by atoms with Crippen molar-refractivity contribution >= 4 is 23.3 Å². The second kappa shape index (κ2) is 7.14. The molecule has 0 aliphatic carbocycles. The van der Waals surface area contributed by atoms with Crippen LogP contribution in [-0.4, -0.2) is 50.8 Å². The normalized spacial score (nSPS) is 13.8. The highest BCUT2D eigenvalue weighted by atomic mass is 16.6. The van der Waals surface area contributed by atoms with Gasteiger partial charge in [0, 0.05) is 23.6 Å². The number of carbonyl (C=O) groups excluding carboxylic acids is 2. The summed E-state index contributed by atoms with van der Waals surface area (Å²) in [6.45, 7) is 4.20. The third kappa shape index (κ3) is 3.43. The number of anilines is 1. The Kier molecular flexibility index (Phi) is 4.52. The van der Waals surface area contributed by atoms with Crippen LogP contribution < -0.4 is 14.8 Å². The number of nitrogens with one attached hydrogen (secondary N) is 1. The van der Waals surface area contributed by atoms with Gasteiger partial charge in [-0.05, 0) is 32.0 Å². The van der Waals surface area contributed by atoms with E-state index in [4.69, 9.17) is 14.2 Å². The molecule has 1 N–H and O–H groups in total. The number of carbonyl (C=O) groups is 2. The fraction of sp³-hybridized carbons (Fsp3) is 0.278. The number of aromatic nitrogens is 4. The Morgan fingerprint density at radius 3 is 2.79 bits per heavy atom. The largest absolute Gasteiger partial charge is 0.486 e. The van der Waals surface area contributed by atoms with Crippen LogP contribution in [0.3, 0.4) is 0 Å². The molecular formula is C18H17N5O5. The molecule has 0 spiro atoms. The van der Waals surface area contributed by atoms with Crippen molar-refractivity contribution in [3.63, 3.8) is 0 Å². The number of rotatable bonds is 4. The first-order valence-electron chi connectivity index (χ1n) is 8.61. The van der Waals surface area contributed by atoms with E-state index in [2.05, 4.69) is 20.4 Å². The number of ether oxygens (including phenoxy) is 3. The molecule has 1 aliphatic heterocycles. The molecule has 144 valence electrons. The molecule has 0 radical (unpaired) electrons. The van der Waals surface area contributed by atoms with Crippen molar-refractivity contribution < 1.29 is 23.8 Å². The third-order valence-corrected chi connectivity index (χ3v) is 4.08. The van der Waals surface area contributed by atoms with E-state index in [0.29, 0.717) is 30.4 Å². The van der Waals surface area contributed by atoms with Crippen molar-refractivity contribution in [3.8, 4) is 11.5 Å². The number of hydrogen-bond donors (Lipinski definition) is 1. The summed E-state index contributed by atoms with van der Waals surface area (Å²) in [6.07, 6.45) is 0.513. The average molecular weight is 383 g/mol. The second-order valence-corrected chi connectivity index (χ2v) is 6.13. The topological polar surface area (TPSA) is 117 Å². The number of benzene rings is 1. The van der Waals surface area contributed by atoms with Gasteiger partial charge in [-0.2, -0.15) is 4.98 Å². The van der Waals surface area contributed by atoms with Crippen molar-refractivity contribution in [3.05, 3.63) is 42.0 Å². The Morgan fingerprint density at radius 2 is 2.00 bits per heavy atom. The van der Waals surface area contributed by atoms with E-state index in [1.54, 1.807) is 30.5 Å². The molecular weight excluding hydrogens is 366 g/mol. The van der Waals surface area contributed by atoms with E-state index in [-0.39, 0.29) is 11.6 Å². The minimum Gasteiger partial charge on any atom is -0.486 e. The summed E-state index contributed by atoms with van der Waals surface area (Å²) < 4.78 is 17.5. The molecule has 10 nitrogen and oxygen atoms in total. The Morgan fingerprint density at radius 1 is 1.21 bits per heavy atom. The number of aryl methyl sites for hydroxylation is 1. The van der Waals surface area contributed by atoms with Gasteiger partial charge in [-0.25, -0.2) is 14.3 Å². The zero-order chi connectivity index (χ0) is 19.7. The van der Waals surface area contributed by atoms with Crippen LogP contribution in [0.25, 0.3) is 5.78 Å². The van der Waals surface area contributed by atoms with Crippen molar-refractivity contribution in [2.24, 2.45) is 0 Å². The Balaban J connectivity index is 1.42. The highest BCUT2D eigenvalue weighted by Gasteiger charge is 2.23. The lowest BCUT2D eigenvalue weighted by Gasteiger charge is -2.19. The van der Waals surface area contributed by atoms with Crippen LogP contribution >= 0.6 is 0 Å². The zero-order valence-electron chi connectivity index (χ0n) is 15.2. The van der Waals surface area contributed by atoms with Gasteiger partial charge in [-0.3, -0.25) is 4.79 Å². The van der Waals surface area contributed by atoms with Gasteiger partial charge in [0.05, 0.1) is 0 Å². The van der Waals surface area contributed by atoms with E-state index < -0.39 is 18.0 Å². The number of esters is 1. The third-order valence-electron chi connectivity index (χ3n) is 4.08. The van der Waals surface area contributed by atoms with Gasteiger partial charge >= 0.3 is 5.97 Å². The van der Waals surface area contributed by atoms with Crippen LogP contribution in [0.1, 0.15) is 23.2 Å². The van der Waals surface area contributed by atoms with Gasteiger partial charge in [0.15, 0.2) is 17.6 Å².